The van der Waals surface area contributed by atoms with Crippen molar-refractivity contribution in [3.05, 3.63) is 12.0 Å². The van der Waals surface area contributed by atoms with Crippen LogP contribution in [0.1, 0.15) is 20.8 Å². The maximum absolute atomic E-state index is 13.6. The van der Waals surface area contributed by atoms with Gasteiger partial charge in [0.1, 0.15) is 0 Å². The van der Waals surface area contributed by atoms with Gasteiger partial charge in [-0.25, -0.2) is 9.37 Å². The van der Waals surface area contributed by atoms with E-state index in [1.54, 1.807) is 25.8 Å². The minimum Gasteiger partial charge on any atom is -0.389 e. The summed E-state index contributed by atoms with van der Waals surface area (Å²) < 4.78 is 13.6. The number of hydrogen-bond donors (Lipinski definition) is 2. The number of aromatic nitrogens is 2. The van der Waals surface area contributed by atoms with Crippen molar-refractivity contribution in [3.63, 3.8) is 0 Å². The van der Waals surface area contributed by atoms with Crippen molar-refractivity contribution in [3.8, 4) is 0 Å². The van der Waals surface area contributed by atoms with Crippen LogP contribution in [-0.4, -0.2) is 40.8 Å². The monoisotopic (exact) mass is 242 g/mol. The maximum Gasteiger partial charge on any atom is 0.224 e. The normalized spacial score (nSPS) is 11.4. The summed E-state index contributed by atoms with van der Waals surface area (Å²) >= 11 is 0. The lowest BCUT2D eigenvalue weighted by atomic mass is 10.1. The van der Waals surface area contributed by atoms with E-state index in [-0.39, 0.29) is 5.82 Å². The fraction of sp³-hybridized carbons (Fsp3) is 0.636. The number of halogens is 1. The first-order chi connectivity index (χ1) is 7.87. The molecule has 0 aliphatic heterocycles. The molecular weight excluding hydrogens is 223 g/mol. The van der Waals surface area contributed by atoms with E-state index in [4.69, 9.17) is 0 Å². The number of nitrogens with zero attached hydrogens (tertiary/aromatic N) is 3. The summed E-state index contributed by atoms with van der Waals surface area (Å²) in [4.78, 5) is 9.53. The molecule has 0 aliphatic rings. The third kappa shape index (κ3) is 3.81. The molecule has 1 rings (SSSR count). The van der Waals surface area contributed by atoms with Crippen LogP contribution in [0.2, 0.25) is 0 Å². The molecular formula is C11H19FN4O. The average Bonchev–Trinajstić information content (AvgIpc) is 2.25. The van der Waals surface area contributed by atoms with E-state index in [1.165, 1.54) is 0 Å². The van der Waals surface area contributed by atoms with E-state index in [9.17, 15) is 9.50 Å². The van der Waals surface area contributed by atoms with Crippen LogP contribution in [-0.2, 0) is 0 Å². The Morgan fingerprint density at radius 1 is 1.53 bits per heavy atom. The van der Waals surface area contributed by atoms with Crippen LogP contribution in [0, 0.1) is 5.82 Å². The summed E-state index contributed by atoms with van der Waals surface area (Å²) in [5.41, 5.74) is -0.910. The molecule has 5 nitrogen and oxygen atoms in total. The lowest BCUT2D eigenvalue weighted by Gasteiger charge is -2.29. The van der Waals surface area contributed by atoms with Crippen molar-refractivity contribution < 1.29 is 9.50 Å². The van der Waals surface area contributed by atoms with Gasteiger partial charge in [0.25, 0.3) is 0 Å². The Bertz CT molecular complexity index is 378. The van der Waals surface area contributed by atoms with Crippen LogP contribution in [0.25, 0.3) is 0 Å². The number of anilines is 2. The van der Waals surface area contributed by atoms with Gasteiger partial charge >= 0.3 is 0 Å². The van der Waals surface area contributed by atoms with Crippen molar-refractivity contribution >= 4 is 11.8 Å². The first-order valence-corrected chi connectivity index (χ1v) is 5.55. The van der Waals surface area contributed by atoms with Crippen LogP contribution in [0.5, 0.6) is 0 Å². The molecule has 1 aromatic heterocycles. The zero-order valence-electron chi connectivity index (χ0n) is 10.7. The summed E-state index contributed by atoms with van der Waals surface area (Å²) in [7, 11) is 1.67. The molecule has 6 heteroatoms. The number of rotatable bonds is 5. The van der Waals surface area contributed by atoms with Crippen molar-refractivity contribution in [1.82, 2.24) is 9.97 Å². The topological polar surface area (TPSA) is 61.3 Å². The third-order valence-electron chi connectivity index (χ3n) is 2.21. The van der Waals surface area contributed by atoms with E-state index in [0.29, 0.717) is 19.0 Å². The Hall–Kier alpha value is -1.43. The smallest absolute Gasteiger partial charge is 0.224 e. The van der Waals surface area contributed by atoms with Crippen LogP contribution in [0.3, 0.4) is 0 Å². The van der Waals surface area contributed by atoms with Gasteiger partial charge in [0.15, 0.2) is 11.6 Å². The lowest BCUT2D eigenvalue weighted by Crippen LogP contribution is -2.39. The minimum atomic E-state index is -0.910. The summed E-state index contributed by atoms with van der Waals surface area (Å²) in [6, 6.07) is 0. The van der Waals surface area contributed by atoms with Gasteiger partial charge in [0.05, 0.1) is 11.8 Å². The van der Waals surface area contributed by atoms with Crippen molar-refractivity contribution in [2.45, 2.75) is 26.4 Å². The van der Waals surface area contributed by atoms with Crippen LogP contribution in [0.15, 0.2) is 6.20 Å². The molecule has 0 saturated heterocycles. The molecule has 0 aliphatic carbocycles. The largest absolute Gasteiger partial charge is 0.389 e. The highest BCUT2D eigenvalue weighted by Crippen LogP contribution is 2.19. The Morgan fingerprint density at radius 2 is 2.18 bits per heavy atom. The highest BCUT2D eigenvalue weighted by atomic mass is 19.1. The number of aliphatic hydroxyl groups is 1. The summed E-state index contributed by atoms with van der Waals surface area (Å²) in [6.45, 7) is 6.09. The molecule has 96 valence electrons. The number of likely N-dealkylation sites (N-methyl/N-ethyl adjacent to an activating group) is 1. The van der Waals surface area contributed by atoms with Crippen LogP contribution < -0.4 is 10.2 Å². The highest BCUT2D eigenvalue weighted by Gasteiger charge is 2.21. The minimum absolute atomic E-state index is 0.203. The number of hydrogen-bond acceptors (Lipinski definition) is 5. The zero-order valence-corrected chi connectivity index (χ0v) is 10.7. The molecule has 0 bridgehead atoms. The van der Waals surface area contributed by atoms with E-state index in [2.05, 4.69) is 15.3 Å². The molecule has 1 heterocycles. The Kier molecular flexibility index (Phi) is 4.22. The van der Waals surface area contributed by atoms with Gasteiger partial charge in [-0.15, -0.1) is 0 Å². The van der Waals surface area contributed by atoms with E-state index < -0.39 is 11.4 Å². The standard InChI is InChI=1S/C11H19FN4O/c1-5-16(7-11(2,3)17)9-8(12)6-14-10(13-4)15-9/h6,17H,5,7H2,1-4H3,(H,13,14,15). The predicted octanol–water partition coefficient (Wildman–Crippen LogP) is 1.25. The zero-order chi connectivity index (χ0) is 13.1. The molecule has 0 atom stereocenters. The average molecular weight is 242 g/mol. The first kappa shape index (κ1) is 13.6. The molecule has 0 radical (unpaired) electrons. The van der Waals surface area contributed by atoms with Gasteiger partial charge in [-0.05, 0) is 20.8 Å². The molecule has 0 fully saturated rings. The molecule has 0 spiro atoms. The van der Waals surface area contributed by atoms with E-state index in [0.717, 1.165) is 6.20 Å². The van der Waals surface area contributed by atoms with Gasteiger partial charge in [-0.2, -0.15) is 4.98 Å². The van der Waals surface area contributed by atoms with E-state index >= 15 is 0 Å². The molecule has 0 amide bonds. The summed E-state index contributed by atoms with van der Waals surface area (Å²) in [5.74, 6) is 0.0691. The fourth-order valence-electron chi connectivity index (χ4n) is 1.50. The maximum atomic E-state index is 13.6. The SMILES string of the molecule is CCN(CC(C)(C)O)c1nc(NC)ncc1F. The van der Waals surface area contributed by atoms with E-state index in [1.807, 2.05) is 6.92 Å². The molecule has 2 N–H and O–H groups in total. The Balaban J connectivity index is 3.02. The van der Waals surface area contributed by atoms with Gasteiger partial charge in [0.2, 0.25) is 5.95 Å². The second kappa shape index (κ2) is 5.27. The molecule has 0 aromatic carbocycles. The molecule has 0 unspecified atom stereocenters. The van der Waals surface area contributed by atoms with Gasteiger partial charge < -0.3 is 15.3 Å². The van der Waals surface area contributed by atoms with Crippen molar-refractivity contribution in [2.75, 3.05) is 30.4 Å². The Morgan fingerprint density at radius 3 is 2.65 bits per heavy atom. The first-order valence-electron chi connectivity index (χ1n) is 5.55. The van der Waals surface area contributed by atoms with Gasteiger partial charge in [-0.1, -0.05) is 0 Å². The highest BCUT2D eigenvalue weighted by molar-refractivity contribution is 5.43. The van der Waals surface area contributed by atoms with Crippen molar-refractivity contribution in [1.29, 1.82) is 0 Å². The number of nitrogens with one attached hydrogen (secondary N) is 1. The fourth-order valence-corrected chi connectivity index (χ4v) is 1.50. The second-order valence-corrected chi connectivity index (χ2v) is 4.44. The van der Waals surface area contributed by atoms with Crippen LogP contribution >= 0.6 is 0 Å². The second-order valence-electron chi connectivity index (χ2n) is 4.44. The Labute approximate surface area is 101 Å². The molecule has 17 heavy (non-hydrogen) atoms. The predicted molar refractivity (Wildman–Crippen MR) is 65.7 cm³/mol. The quantitative estimate of drug-likeness (QED) is 0.814. The third-order valence-corrected chi connectivity index (χ3v) is 2.21. The molecule has 1 aromatic rings. The summed E-state index contributed by atoms with van der Waals surface area (Å²) in [5, 5.41) is 12.5. The summed E-state index contributed by atoms with van der Waals surface area (Å²) in [6.07, 6.45) is 1.13. The van der Waals surface area contributed by atoms with Crippen molar-refractivity contribution in [2.24, 2.45) is 0 Å². The molecule has 0 saturated carbocycles. The van der Waals surface area contributed by atoms with Gasteiger partial charge in [0, 0.05) is 20.1 Å². The lowest BCUT2D eigenvalue weighted by molar-refractivity contribution is 0.0872. The van der Waals surface area contributed by atoms with Gasteiger partial charge in [-0.3, -0.25) is 0 Å². The van der Waals surface area contributed by atoms with Crippen LogP contribution in [0.4, 0.5) is 16.2 Å².